The fourth-order valence-corrected chi connectivity index (χ4v) is 13.0. The average molecular weight is 1260 g/mol. The summed E-state index contributed by atoms with van der Waals surface area (Å²) in [6.07, 6.45) is 87.3. The standard InChI is InChI=1S/C80H153NO8/c1-3-5-7-9-11-13-15-17-19-21-23-25-27-29-31-33-35-37-39-41-43-45-47-49-51-53-55-57-59-61-63-65-67-69-74(83)73(72-88-80-79(87)78(86)77(85)75(71-82)89-80)81-76(84)70-68-66-64-62-60-58-56-54-52-50-48-46-44-42-40-38-36-34-32-30-28-26-24-22-20-18-16-14-12-10-8-6-4-2/h51,53,59,61,67,69,73-75,77-80,82-83,85-87H,3-50,52,54-58,60,62-66,68,70-72H2,1-2H3,(H,81,84)/b53-51+,61-59+,69-67+. The van der Waals surface area contributed by atoms with Gasteiger partial charge in [0.15, 0.2) is 6.29 Å². The molecule has 9 heteroatoms. The van der Waals surface area contributed by atoms with Crippen LogP contribution in [0.4, 0.5) is 0 Å². The average Bonchev–Trinajstić information content (AvgIpc) is 2.28. The molecule has 0 radical (unpaired) electrons. The van der Waals surface area contributed by atoms with Gasteiger partial charge in [0.1, 0.15) is 24.4 Å². The van der Waals surface area contributed by atoms with E-state index in [-0.39, 0.29) is 12.5 Å². The van der Waals surface area contributed by atoms with Crippen LogP contribution in [-0.2, 0) is 14.3 Å². The molecular formula is C80H153NO8. The summed E-state index contributed by atoms with van der Waals surface area (Å²) in [4.78, 5) is 13.2. The molecule has 1 rings (SSSR count). The zero-order valence-corrected chi connectivity index (χ0v) is 59.2. The monoisotopic (exact) mass is 1260 g/mol. The summed E-state index contributed by atoms with van der Waals surface area (Å²) in [7, 11) is 0. The number of amides is 1. The summed E-state index contributed by atoms with van der Waals surface area (Å²) in [6.45, 7) is 3.83. The molecule has 526 valence electrons. The van der Waals surface area contributed by atoms with E-state index < -0.39 is 49.5 Å². The van der Waals surface area contributed by atoms with Gasteiger partial charge in [-0.05, 0) is 44.9 Å². The van der Waals surface area contributed by atoms with Crippen molar-refractivity contribution in [2.24, 2.45) is 0 Å². The molecule has 0 aromatic carbocycles. The highest BCUT2D eigenvalue weighted by molar-refractivity contribution is 5.76. The van der Waals surface area contributed by atoms with E-state index in [0.29, 0.717) is 6.42 Å². The zero-order valence-electron chi connectivity index (χ0n) is 59.2. The van der Waals surface area contributed by atoms with Crippen molar-refractivity contribution >= 4 is 5.91 Å². The van der Waals surface area contributed by atoms with Crippen molar-refractivity contribution in [3.8, 4) is 0 Å². The van der Waals surface area contributed by atoms with Crippen LogP contribution in [0.15, 0.2) is 36.5 Å². The van der Waals surface area contributed by atoms with E-state index in [1.54, 1.807) is 6.08 Å². The van der Waals surface area contributed by atoms with Crippen molar-refractivity contribution in [1.29, 1.82) is 0 Å². The number of aliphatic hydroxyl groups excluding tert-OH is 5. The number of nitrogens with one attached hydrogen (secondary N) is 1. The Kier molecular flexibility index (Phi) is 66.5. The van der Waals surface area contributed by atoms with Crippen LogP contribution in [0.1, 0.15) is 412 Å². The van der Waals surface area contributed by atoms with Gasteiger partial charge in [0.25, 0.3) is 0 Å². The van der Waals surface area contributed by atoms with Gasteiger partial charge in [0.2, 0.25) is 5.91 Å². The largest absolute Gasteiger partial charge is 0.394 e. The molecule has 1 amide bonds. The summed E-state index contributed by atoms with van der Waals surface area (Å²) >= 11 is 0. The molecule has 89 heavy (non-hydrogen) atoms. The Morgan fingerprint density at radius 2 is 0.640 bits per heavy atom. The number of aliphatic hydroxyl groups is 5. The number of ether oxygens (including phenoxy) is 2. The van der Waals surface area contributed by atoms with Gasteiger partial charge in [-0.2, -0.15) is 0 Å². The lowest BCUT2D eigenvalue weighted by Gasteiger charge is -2.40. The Morgan fingerprint density at radius 1 is 0.371 bits per heavy atom. The first-order chi connectivity index (χ1) is 43.8. The van der Waals surface area contributed by atoms with Crippen LogP contribution in [0.25, 0.3) is 0 Å². The van der Waals surface area contributed by atoms with Gasteiger partial charge >= 0.3 is 0 Å². The lowest BCUT2D eigenvalue weighted by atomic mass is 9.99. The van der Waals surface area contributed by atoms with Crippen LogP contribution in [0.2, 0.25) is 0 Å². The van der Waals surface area contributed by atoms with E-state index in [1.807, 2.05) is 6.08 Å². The summed E-state index contributed by atoms with van der Waals surface area (Å²) in [5, 5.41) is 54.9. The maximum absolute atomic E-state index is 13.2. The second kappa shape index (κ2) is 69.2. The first kappa shape index (κ1) is 85.4. The summed E-state index contributed by atoms with van der Waals surface area (Å²) in [5.74, 6) is -0.182. The van der Waals surface area contributed by atoms with Crippen LogP contribution < -0.4 is 5.32 Å². The molecule has 1 fully saturated rings. The van der Waals surface area contributed by atoms with Gasteiger partial charge in [-0.1, -0.05) is 397 Å². The van der Waals surface area contributed by atoms with Crippen molar-refractivity contribution in [2.75, 3.05) is 13.2 Å². The highest BCUT2D eigenvalue weighted by Crippen LogP contribution is 2.24. The Balaban J connectivity index is 2.10. The SMILES string of the molecule is CCCCCCCCCCCCCCCCCCCCCCCCC/C=C/CC/C=C/CC/C=C/C(O)C(COC1OC(CO)C(O)C(O)C1O)NC(=O)CCCCCCCCCCCCCCCCCCCCCCCCCCCCCCCCCCC. The van der Waals surface area contributed by atoms with E-state index >= 15 is 0 Å². The number of hydrogen-bond acceptors (Lipinski definition) is 8. The predicted molar refractivity (Wildman–Crippen MR) is 383 cm³/mol. The fourth-order valence-electron chi connectivity index (χ4n) is 13.0. The van der Waals surface area contributed by atoms with Crippen molar-refractivity contribution in [3.05, 3.63) is 36.5 Å². The lowest BCUT2D eigenvalue weighted by Crippen LogP contribution is -2.60. The van der Waals surface area contributed by atoms with Gasteiger partial charge in [0.05, 0.1) is 25.4 Å². The number of allylic oxidation sites excluding steroid dienone is 5. The third kappa shape index (κ3) is 57.6. The molecule has 0 saturated carbocycles. The number of hydrogen-bond donors (Lipinski definition) is 6. The topological polar surface area (TPSA) is 149 Å². The fraction of sp³-hybridized carbons (Fsp3) is 0.912. The first-order valence-electron chi connectivity index (χ1n) is 39.7. The molecule has 0 aromatic heterocycles. The first-order valence-corrected chi connectivity index (χ1v) is 39.7. The Bertz CT molecular complexity index is 1500. The molecule has 1 heterocycles. The molecule has 1 aliphatic rings. The Morgan fingerprint density at radius 3 is 0.944 bits per heavy atom. The minimum Gasteiger partial charge on any atom is -0.394 e. The van der Waals surface area contributed by atoms with Gasteiger partial charge < -0.3 is 40.3 Å². The summed E-state index contributed by atoms with van der Waals surface area (Å²) in [6, 6.07) is -0.829. The second-order valence-electron chi connectivity index (χ2n) is 27.9. The molecule has 0 aromatic rings. The molecule has 1 aliphatic heterocycles. The summed E-state index contributed by atoms with van der Waals surface area (Å²) < 4.78 is 11.3. The maximum Gasteiger partial charge on any atom is 0.220 e. The zero-order chi connectivity index (χ0) is 64.2. The molecule has 0 aliphatic carbocycles. The normalized spacial score (nSPS) is 17.9. The highest BCUT2D eigenvalue weighted by atomic mass is 16.7. The van der Waals surface area contributed by atoms with E-state index in [1.165, 1.54) is 347 Å². The van der Waals surface area contributed by atoms with Gasteiger partial charge in [0, 0.05) is 6.42 Å². The van der Waals surface area contributed by atoms with Crippen LogP contribution in [-0.4, -0.2) is 87.5 Å². The Hall–Kier alpha value is -1.59. The highest BCUT2D eigenvalue weighted by Gasteiger charge is 2.44. The maximum atomic E-state index is 13.2. The van der Waals surface area contributed by atoms with Crippen molar-refractivity contribution < 1.29 is 39.8 Å². The number of unbranched alkanes of at least 4 members (excludes halogenated alkanes) is 57. The van der Waals surface area contributed by atoms with Crippen LogP contribution in [0, 0.1) is 0 Å². The predicted octanol–water partition coefficient (Wildman–Crippen LogP) is 22.5. The second-order valence-corrected chi connectivity index (χ2v) is 27.9. The number of carbonyl (C=O) groups excluding carboxylic acids is 1. The van der Waals surface area contributed by atoms with Crippen molar-refractivity contribution in [1.82, 2.24) is 5.32 Å². The van der Waals surface area contributed by atoms with E-state index in [9.17, 15) is 30.3 Å². The lowest BCUT2D eigenvalue weighted by molar-refractivity contribution is -0.302. The minimum atomic E-state index is -1.58. The third-order valence-corrected chi connectivity index (χ3v) is 19.2. The third-order valence-electron chi connectivity index (χ3n) is 19.2. The molecule has 9 nitrogen and oxygen atoms in total. The number of carbonyl (C=O) groups is 1. The molecule has 6 N–H and O–H groups in total. The van der Waals surface area contributed by atoms with Crippen LogP contribution in [0.3, 0.4) is 0 Å². The van der Waals surface area contributed by atoms with Crippen molar-refractivity contribution in [2.45, 2.75) is 455 Å². The smallest absolute Gasteiger partial charge is 0.220 e. The molecule has 1 saturated heterocycles. The van der Waals surface area contributed by atoms with Crippen LogP contribution in [0.5, 0.6) is 0 Å². The van der Waals surface area contributed by atoms with Gasteiger partial charge in [-0.15, -0.1) is 0 Å². The molecule has 0 bridgehead atoms. The molecule has 7 unspecified atom stereocenters. The quantitative estimate of drug-likeness (QED) is 0.0261. The van der Waals surface area contributed by atoms with Crippen molar-refractivity contribution in [3.63, 3.8) is 0 Å². The van der Waals surface area contributed by atoms with Gasteiger partial charge in [-0.25, -0.2) is 0 Å². The minimum absolute atomic E-state index is 0.182. The summed E-state index contributed by atoms with van der Waals surface area (Å²) in [5.41, 5.74) is 0. The molecular weight excluding hydrogens is 1100 g/mol. The Labute approximate surface area is 552 Å². The van der Waals surface area contributed by atoms with E-state index in [4.69, 9.17) is 9.47 Å². The number of rotatable bonds is 71. The molecule has 7 atom stereocenters. The van der Waals surface area contributed by atoms with Gasteiger partial charge in [-0.3, -0.25) is 4.79 Å². The van der Waals surface area contributed by atoms with E-state index in [0.717, 1.165) is 44.9 Å². The van der Waals surface area contributed by atoms with E-state index in [2.05, 4.69) is 43.5 Å². The van der Waals surface area contributed by atoms with Crippen LogP contribution >= 0.6 is 0 Å². The molecule has 0 spiro atoms.